The van der Waals surface area contributed by atoms with Gasteiger partial charge in [-0.2, -0.15) is 0 Å². The second-order valence-corrected chi connectivity index (χ2v) is 4.33. The Balaban J connectivity index is 2.39. The molecule has 0 amide bonds. The van der Waals surface area contributed by atoms with Crippen molar-refractivity contribution in [2.24, 2.45) is 11.7 Å². The van der Waals surface area contributed by atoms with Crippen LogP contribution >= 0.6 is 0 Å². The number of likely N-dealkylation sites (N-methyl/N-ethyl adjacent to an activating group) is 1. The summed E-state index contributed by atoms with van der Waals surface area (Å²) in [6.45, 7) is 4.26. The van der Waals surface area contributed by atoms with E-state index in [2.05, 4.69) is 18.9 Å². The molecular formula is C11H24N2. The van der Waals surface area contributed by atoms with Gasteiger partial charge < -0.3 is 10.6 Å². The summed E-state index contributed by atoms with van der Waals surface area (Å²) >= 11 is 0. The zero-order chi connectivity index (χ0) is 9.68. The van der Waals surface area contributed by atoms with Gasteiger partial charge in [-0.15, -0.1) is 0 Å². The van der Waals surface area contributed by atoms with Gasteiger partial charge in [0.15, 0.2) is 0 Å². The summed E-state index contributed by atoms with van der Waals surface area (Å²) in [6.07, 6.45) is 6.87. The number of nitrogens with zero attached hydrogens (tertiary/aromatic N) is 1. The molecule has 0 bridgehead atoms. The molecule has 78 valence electrons. The molecule has 0 aromatic heterocycles. The van der Waals surface area contributed by atoms with Crippen LogP contribution in [-0.2, 0) is 0 Å². The van der Waals surface area contributed by atoms with Gasteiger partial charge in [0.1, 0.15) is 0 Å². The van der Waals surface area contributed by atoms with Crippen LogP contribution in [0.1, 0.15) is 39.0 Å². The maximum absolute atomic E-state index is 5.84. The Morgan fingerprint density at radius 1 is 1.38 bits per heavy atom. The smallest absolute Gasteiger partial charge is 0.0243 e. The number of hydrogen-bond acceptors (Lipinski definition) is 2. The van der Waals surface area contributed by atoms with Crippen LogP contribution in [0.4, 0.5) is 0 Å². The van der Waals surface area contributed by atoms with Crippen molar-refractivity contribution < 1.29 is 0 Å². The minimum atomic E-state index is 0.641. The predicted molar refractivity (Wildman–Crippen MR) is 57.7 cm³/mol. The molecule has 13 heavy (non-hydrogen) atoms. The van der Waals surface area contributed by atoms with Gasteiger partial charge in [-0.1, -0.05) is 19.8 Å². The number of nitrogens with two attached hydrogens (primary N) is 1. The maximum atomic E-state index is 5.84. The van der Waals surface area contributed by atoms with Crippen molar-refractivity contribution in [2.45, 2.75) is 45.1 Å². The fourth-order valence-corrected chi connectivity index (χ4v) is 2.59. The zero-order valence-corrected chi connectivity index (χ0v) is 9.13. The van der Waals surface area contributed by atoms with Crippen molar-refractivity contribution in [2.75, 3.05) is 20.1 Å². The third kappa shape index (κ3) is 2.96. The van der Waals surface area contributed by atoms with Gasteiger partial charge in [-0.3, -0.25) is 0 Å². The SMILES string of the molecule is CCCN(C)C(CN)C1CCCC1. The van der Waals surface area contributed by atoms with Gasteiger partial charge >= 0.3 is 0 Å². The maximum Gasteiger partial charge on any atom is 0.0243 e. The van der Waals surface area contributed by atoms with E-state index in [1.54, 1.807) is 0 Å². The van der Waals surface area contributed by atoms with Crippen LogP contribution < -0.4 is 5.73 Å². The Morgan fingerprint density at radius 3 is 2.46 bits per heavy atom. The van der Waals surface area contributed by atoms with E-state index in [0.29, 0.717) is 6.04 Å². The normalized spacial score (nSPS) is 21.2. The molecule has 0 aromatic carbocycles. The van der Waals surface area contributed by atoms with Crippen molar-refractivity contribution in [3.63, 3.8) is 0 Å². The van der Waals surface area contributed by atoms with Crippen LogP contribution in [0.2, 0.25) is 0 Å². The summed E-state index contributed by atoms with van der Waals surface area (Å²) in [4.78, 5) is 2.45. The van der Waals surface area contributed by atoms with Crippen molar-refractivity contribution in [3.05, 3.63) is 0 Å². The molecular weight excluding hydrogens is 160 g/mol. The van der Waals surface area contributed by atoms with Crippen LogP contribution in [0.15, 0.2) is 0 Å². The second kappa shape index (κ2) is 5.61. The number of rotatable bonds is 5. The van der Waals surface area contributed by atoms with E-state index in [1.165, 1.54) is 38.6 Å². The lowest BCUT2D eigenvalue weighted by Crippen LogP contribution is -2.43. The minimum absolute atomic E-state index is 0.641. The summed E-state index contributed by atoms with van der Waals surface area (Å²) < 4.78 is 0. The molecule has 0 heterocycles. The summed E-state index contributed by atoms with van der Waals surface area (Å²) in [6, 6.07) is 0.641. The quantitative estimate of drug-likeness (QED) is 0.706. The van der Waals surface area contributed by atoms with Gasteiger partial charge in [0.2, 0.25) is 0 Å². The molecule has 1 fully saturated rings. The topological polar surface area (TPSA) is 29.3 Å². The van der Waals surface area contributed by atoms with Gasteiger partial charge in [0.05, 0.1) is 0 Å². The van der Waals surface area contributed by atoms with Crippen LogP contribution in [0.25, 0.3) is 0 Å². The molecule has 2 N–H and O–H groups in total. The molecule has 2 nitrogen and oxygen atoms in total. The fraction of sp³-hybridized carbons (Fsp3) is 1.00. The molecule has 0 aromatic rings. The molecule has 1 unspecified atom stereocenters. The first-order valence-electron chi connectivity index (χ1n) is 5.70. The van der Waals surface area contributed by atoms with E-state index >= 15 is 0 Å². The molecule has 0 radical (unpaired) electrons. The lowest BCUT2D eigenvalue weighted by atomic mass is 9.97. The van der Waals surface area contributed by atoms with Crippen molar-refractivity contribution in [1.29, 1.82) is 0 Å². The Bertz CT molecular complexity index is 130. The Morgan fingerprint density at radius 2 is 2.00 bits per heavy atom. The molecule has 0 saturated heterocycles. The summed E-state index contributed by atoms with van der Waals surface area (Å²) in [7, 11) is 2.22. The molecule has 0 aliphatic heterocycles. The monoisotopic (exact) mass is 184 g/mol. The zero-order valence-electron chi connectivity index (χ0n) is 9.13. The third-order valence-electron chi connectivity index (χ3n) is 3.33. The Labute approximate surface area is 82.5 Å². The van der Waals surface area contributed by atoms with E-state index in [-0.39, 0.29) is 0 Å². The highest BCUT2D eigenvalue weighted by molar-refractivity contribution is 4.82. The van der Waals surface area contributed by atoms with Crippen LogP contribution in [0.5, 0.6) is 0 Å². The molecule has 2 heteroatoms. The molecule has 1 rings (SSSR count). The molecule has 1 aliphatic rings. The number of hydrogen-bond donors (Lipinski definition) is 1. The lowest BCUT2D eigenvalue weighted by molar-refractivity contribution is 0.182. The minimum Gasteiger partial charge on any atom is -0.329 e. The van der Waals surface area contributed by atoms with E-state index in [4.69, 9.17) is 5.73 Å². The van der Waals surface area contributed by atoms with Crippen molar-refractivity contribution in [3.8, 4) is 0 Å². The lowest BCUT2D eigenvalue weighted by Gasteiger charge is -2.31. The largest absolute Gasteiger partial charge is 0.329 e. The van der Waals surface area contributed by atoms with Gasteiger partial charge in [-0.05, 0) is 38.8 Å². The predicted octanol–water partition coefficient (Wildman–Crippen LogP) is 1.85. The van der Waals surface area contributed by atoms with Crippen LogP contribution in [-0.4, -0.2) is 31.1 Å². The average molecular weight is 184 g/mol. The van der Waals surface area contributed by atoms with E-state index < -0.39 is 0 Å². The molecule has 1 saturated carbocycles. The Hall–Kier alpha value is -0.0800. The van der Waals surface area contributed by atoms with E-state index in [1.807, 2.05) is 0 Å². The van der Waals surface area contributed by atoms with Gasteiger partial charge in [-0.25, -0.2) is 0 Å². The average Bonchev–Trinajstić information content (AvgIpc) is 2.59. The van der Waals surface area contributed by atoms with E-state index in [9.17, 15) is 0 Å². The second-order valence-electron chi connectivity index (χ2n) is 4.33. The third-order valence-corrected chi connectivity index (χ3v) is 3.33. The van der Waals surface area contributed by atoms with Gasteiger partial charge in [0.25, 0.3) is 0 Å². The summed E-state index contributed by atoms with van der Waals surface area (Å²) in [5.74, 6) is 0.876. The highest BCUT2D eigenvalue weighted by Crippen LogP contribution is 2.29. The molecule has 0 spiro atoms. The van der Waals surface area contributed by atoms with Crippen LogP contribution in [0.3, 0.4) is 0 Å². The fourth-order valence-electron chi connectivity index (χ4n) is 2.59. The van der Waals surface area contributed by atoms with Gasteiger partial charge in [0, 0.05) is 12.6 Å². The first kappa shape index (κ1) is 11.0. The van der Waals surface area contributed by atoms with Crippen molar-refractivity contribution >= 4 is 0 Å². The first-order chi connectivity index (χ1) is 6.29. The Kier molecular flexibility index (Phi) is 4.74. The summed E-state index contributed by atoms with van der Waals surface area (Å²) in [5, 5.41) is 0. The summed E-state index contributed by atoms with van der Waals surface area (Å²) in [5.41, 5.74) is 5.84. The highest BCUT2D eigenvalue weighted by Gasteiger charge is 2.26. The van der Waals surface area contributed by atoms with Crippen LogP contribution in [0, 0.1) is 5.92 Å². The first-order valence-corrected chi connectivity index (χ1v) is 5.70. The highest BCUT2D eigenvalue weighted by atomic mass is 15.1. The molecule has 1 atom stereocenters. The van der Waals surface area contributed by atoms with E-state index in [0.717, 1.165) is 12.5 Å². The standard InChI is InChI=1S/C11H24N2/c1-3-8-13(2)11(9-12)10-6-4-5-7-10/h10-11H,3-9,12H2,1-2H3. The van der Waals surface area contributed by atoms with Crippen molar-refractivity contribution in [1.82, 2.24) is 4.90 Å². The molecule has 1 aliphatic carbocycles.